The number of nitrogens with two attached hydrogens (primary N) is 1. The molecule has 0 atom stereocenters. The van der Waals surface area contributed by atoms with E-state index >= 15 is 0 Å². The van der Waals surface area contributed by atoms with Crippen molar-refractivity contribution in [2.45, 2.75) is 19.5 Å². The van der Waals surface area contributed by atoms with Gasteiger partial charge in [-0.25, -0.2) is 18.7 Å². The number of ketones is 1. The molecule has 0 amide bonds. The first kappa shape index (κ1) is 20.5. The number of halogens is 2. The minimum atomic E-state index is -0.545. The highest BCUT2D eigenvalue weighted by atomic mass is 19.1. The third-order valence-electron chi connectivity index (χ3n) is 4.60. The fourth-order valence-electron chi connectivity index (χ4n) is 2.82. The summed E-state index contributed by atoms with van der Waals surface area (Å²) in [4.78, 5) is 26.0. The molecule has 0 bridgehead atoms. The van der Waals surface area contributed by atoms with Crippen molar-refractivity contribution < 1.29 is 13.6 Å². The third kappa shape index (κ3) is 4.80. The van der Waals surface area contributed by atoms with Gasteiger partial charge in [0, 0.05) is 31.6 Å². The standard InChI is InChI=1S/C20H22F2N6O/c1-12(29)18(25-8-13-5-3-4-6-15(13)21)7-17(23)19-26-9-16(22)20(27-19)28-10-14(11-28)24-2/h3-7,9,14,24H,8,10-11,23H2,1-2H3. The Morgan fingerprint density at radius 2 is 2.07 bits per heavy atom. The van der Waals surface area contributed by atoms with Crippen molar-refractivity contribution in [2.75, 3.05) is 25.0 Å². The minimum Gasteiger partial charge on any atom is -0.396 e. The Balaban J connectivity index is 1.83. The van der Waals surface area contributed by atoms with Crippen molar-refractivity contribution in [3.05, 3.63) is 59.6 Å². The number of anilines is 1. The molecule has 0 spiro atoms. The molecule has 1 aliphatic rings. The summed E-state index contributed by atoms with van der Waals surface area (Å²) in [6.45, 7) is 2.56. The number of likely N-dealkylation sites (N-methyl/N-ethyl adjacent to an activating group) is 1. The summed E-state index contributed by atoms with van der Waals surface area (Å²) >= 11 is 0. The topological polar surface area (TPSA) is 96.5 Å². The van der Waals surface area contributed by atoms with Gasteiger partial charge in [-0.3, -0.25) is 9.79 Å². The predicted molar refractivity (Wildman–Crippen MR) is 107 cm³/mol. The summed E-state index contributed by atoms with van der Waals surface area (Å²) in [5, 5.41) is 3.10. The number of nitrogens with one attached hydrogen (secondary N) is 1. The lowest BCUT2D eigenvalue weighted by Crippen LogP contribution is -2.57. The number of hydrogen-bond acceptors (Lipinski definition) is 7. The van der Waals surface area contributed by atoms with Crippen molar-refractivity contribution in [2.24, 2.45) is 10.7 Å². The minimum absolute atomic E-state index is 0.0138. The summed E-state index contributed by atoms with van der Waals surface area (Å²) in [5.74, 6) is -1.04. The first-order chi connectivity index (χ1) is 13.9. The second-order valence-electron chi connectivity index (χ2n) is 6.70. The van der Waals surface area contributed by atoms with E-state index in [9.17, 15) is 13.6 Å². The zero-order valence-corrected chi connectivity index (χ0v) is 16.2. The Bertz CT molecular complexity index is 969. The molecule has 0 saturated carbocycles. The van der Waals surface area contributed by atoms with Crippen LogP contribution in [0.25, 0.3) is 5.70 Å². The van der Waals surface area contributed by atoms with Crippen LogP contribution < -0.4 is 16.0 Å². The molecule has 1 saturated heterocycles. The van der Waals surface area contributed by atoms with Crippen LogP contribution in [0.4, 0.5) is 14.6 Å². The molecule has 152 valence electrons. The molecule has 1 aliphatic heterocycles. The lowest BCUT2D eigenvalue weighted by Gasteiger charge is -2.39. The maximum absolute atomic E-state index is 14.1. The molecule has 2 aromatic rings. The lowest BCUT2D eigenvalue weighted by atomic mass is 10.1. The van der Waals surface area contributed by atoms with E-state index in [1.165, 1.54) is 19.1 Å². The monoisotopic (exact) mass is 400 g/mol. The molecule has 9 heteroatoms. The van der Waals surface area contributed by atoms with Gasteiger partial charge in [0.2, 0.25) is 0 Å². The van der Waals surface area contributed by atoms with Gasteiger partial charge in [0.15, 0.2) is 23.2 Å². The number of allylic oxidation sites excluding steroid dienone is 1. The van der Waals surface area contributed by atoms with Crippen LogP contribution in [-0.4, -0.2) is 47.6 Å². The molecule has 2 heterocycles. The first-order valence-corrected chi connectivity index (χ1v) is 9.10. The van der Waals surface area contributed by atoms with Gasteiger partial charge in [-0.05, 0) is 19.2 Å². The van der Waals surface area contributed by atoms with Crippen LogP contribution in [0.3, 0.4) is 0 Å². The van der Waals surface area contributed by atoms with Crippen molar-refractivity contribution in [1.82, 2.24) is 15.3 Å². The number of aliphatic imine (C=N–C) groups is 1. The van der Waals surface area contributed by atoms with E-state index in [0.29, 0.717) is 18.7 Å². The van der Waals surface area contributed by atoms with E-state index in [1.807, 2.05) is 7.05 Å². The van der Waals surface area contributed by atoms with E-state index in [1.54, 1.807) is 23.1 Å². The maximum Gasteiger partial charge on any atom is 0.183 e. The Morgan fingerprint density at radius 3 is 2.72 bits per heavy atom. The highest BCUT2D eigenvalue weighted by molar-refractivity contribution is 6.44. The molecule has 1 aromatic heterocycles. The Labute approximate surface area is 167 Å². The van der Waals surface area contributed by atoms with Gasteiger partial charge in [0.05, 0.1) is 18.4 Å². The fraction of sp³-hybridized carbons (Fsp3) is 0.300. The van der Waals surface area contributed by atoms with Crippen LogP contribution in [0.1, 0.15) is 18.3 Å². The number of hydrogen-bond donors (Lipinski definition) is 2. The number of Topliss-reactive ketones (excluding diaryl/α,β-unsaturated/α-hetero) is 1. The summed E-state index contributed by atoms with van der Waals surface area (Å²) in [6, 6.07) is 6.45. The van der Waals surface area contributed by atoms with Gasteiger partial charge < -0.3 is 16.0 Å². The van der Waals surface area contributed by atoms with Gasteiger partial charge >= 0.3 is 0 Å². The largest absolute Gasteiger partial charge is 0.396 e. The number of aromatic nitrogens is 2. The molecule has 29 heavy (non-hydrogen) atoms. The molecular formula is C20H22F2N6O. The Hall–Kier alpha value is -3.20. The van der Waals surface area contributed by atoms with Crippen LogP contribution >= 0.6 is 0 Å². The molecule has 0 unspecified atom stereocenters. The number of benzene rings is 1. The van der Waals surface area contributed by atoms with Crippen LogP contribution in [0.15, 0.2) is 41.5 Å². The van der Waals surface area contributed by atoms with E-state index < -0.39 is 11.6 Å². The highest BCUT2D eigenvalue weighted by Crippen LogP contribution is 2.22. The predicted octanol–water partition coefficient (Wildman–Crippen LogP) is 1.69. The summed E-state index contributed by atoms with van der Waals surface area (Å²) < 4.78 is 27.9. The van der Waals surface area contributed by atoms with Crippen LogP contribution in [0, 0.1) is 11.6 Å². The lowest BCUT2D eigenvalue weighted by molar-refractivity contribution is -0.111. The van der Waals surface area contributed by atoms with Crippen molar-refractivity contribution >= 4 is 23.0 Å². The molecule has 3 rings (SSSR count). The molecule has 1 aromatic carbocycles. The Morgan fingerprint density at radius 1 is 1.34 bits per heavy atom. The molecule has 1 fully saturated rings. The number of nitrogens with zero attached hydrogens (tertiary/aromatic N) is 4. The number of rotatable bonds is 7. The van der Waals surface area contributed by atoms with Crippen molar-refractivity contribution in [1.29, 1.82) is 0 Å². The zero-order chi connectivity index (χ0) is 21.0. The second-order valence-corrected chi connectivity index (χ2v) is 6.70. The van der Waals surface area contributed by atoms with Gasteiger partial charge in [-0.2, -0.15) is 0 Å². The Kier molecular flexibility index (Phi) is 6.28. The zero-order valence-electron chi connectivity index (χ0n) is 16.2. The fourth-order valence-corrected chi connectivity index (χ4v) is 2.82. The average molecular weight is 400 g/mol. The maximum atomic E-state index is 14.1. The molecular weight excluding hydrogens is 378 g/mol. The van der Waals surface area contributed by atoms with Crippen molar-refractivity contribution in [3.8, 4) is 0 Å². The molecule has 7 nitrogen and oxygen atoms in total. The first-order valence-electron chi connectivity index (χ1n) is 9.10. The van der Waals surface area contributed by atoms with E-state index in [4.69, 9.17) is 5.73 Å². The van der Waals surface area contributed by atoms with Gasteiger partial charge in [-0.1, -0.05) is 18.2 Å². The third-order valence-corrected chi connectivity index (χ3v) is 4.60. The van der Waals surface area contributed by atoms with Gasteiger partial charge in [0.25, 0.3) is 0 Å². The second kappa shape index (κ2) is 8.87. The number of carbonyl (C=O) groups excluding carboxylic acids is 1. The summed E-state index contributed by atoms with van der Waals surface area (Å²) in [6.07, 6.45) is 2.38. The summed E-state index contributed by atoms with van der Waals surface area (Å²) in [5.41, 5.74) is 6.52. The quantitative estimate of drug-likeness (QED) is 0.687. The summed E-state index contributed by atoms with van der Waals surface area (Å²) in [7, 11) is 1.84. The van der Waals surface area contributed by atoms with Gasteiger partial charge in [-0.15, -0.1) is 0 Å². The highest BCUT2D eigenvalue weighted by Gasteiger charge is 2.29. The smallest absolute Gasteiger partial charge is 0.183 e. The van der Waals surface area contributed by atoms with Crippen LogP contribution in [0.2, 0.25) is 0 Å². The van der Waals surface area contributed by atoms with E-state index in [0.717, 1.165) is 6.20 Å². The normalized spacial score (nSPS) is 15.4. The van der Waals surface area contributed by atoms with Gasteiger partial charge in [0.1, 0.15) is 11.5 Å². The molecule has 3 N–H and O–H groups in total. The number of carbonyl (C=O) groups is 1. The van der Waals surface area contributed by atoms with Crippen LogP contribution in [-0.2, 0) is 11.3 Å². The van der Waals surface area contributed by atoms with E-state index in [-0.39, 0.29) is 41.4 Å². The molecule has 0 radical (unpaired) electrons. The van der Waals surface area contributed by atoms with E-state index in [2.05, 4.69) is 20.3 Å². The average Bonchev–Trinajstić information content (AvgIpc) is 2.66. The molecule has 0 aliphatic carbocycles. The van der Waals surface area contributed by atoms with Crippen LogP contribution in [0.5, 0.6) is 0 Å². The SMILES string of the molecule is CNC1CN(c2nc(C(N)=CC(=NCc3ccccc3F)C(C)=O)ncc2F)C1. The van der Waals surface area contributed by atoms with Crippen molar-refractivity contribution in [3.63, 3.8) is 0 Å².